The van der Waals surface area contributed by atoms with E-state index in [1.54, 1.807) is 7.11 Å². The van der Waals surface area contributed by atoms with Crippen molar-refractivity contribution in [1.29, 1.82) is 0 Å². The molecule has 0 unspecified atom stereocenters. The molecule has 0 spiro atoms. The summed E-state index contributed by atoms with van der Waals surface area (Å²) in [6, 6.07) is 0. The van der Waals surface area contributed by atoms with Crippen LogP contribution < -0.4 is 4.90 Å². The summed E-state index contributed by atoms with van der Waals surface area (Å²) in [5.41, 5.74) is 0. The first-order valence-electron chi connectivity index (χ1n) is 5.45. The SMILES string of the molecule is CC.COC1CN(c2cnc([N+](=O)[O-])cn2)C1. The first kappa shape index (κ1) is 13.3. The number of rotatable bonds is 3. The van der Waals surface area contributed by atoms with E-state index in [1.165, 1.54) is 6.20 Å². The molecule has 0 atom stereocenters. The number of methoxy groups -OCH3 is 1. The molecule has 1 aromatic rings. The van der Waals surface area contributed by atoms with Crippen molar-refractivity contribution in [2.45, 2.75) is 20.0 Å². The fourth-order valence-corrected chi connectivity index (χ4v) is 1.35. The molecule has 94 valence electrons. The summed E-state index contributed by atoms with van der Waals surface area (Å²) in [4.78, 5) is 19.4. The predicted octanol–water partition coefficient (Wildman–Crippen LogP) is 1.25. The van der Waals surface area contributed by atoms with E-state index < -0.39 is 4.92 Å². The van der Waals surface area contributed by atoms with Crippen molar-refractivity contribution >= 4 is 11.6 Å². The molecule has 0 radical (unpaired) electrons. The molecule has 2 rings (SSSR count). The average Bonchev–Trinajstić information content (AvgIpc) is 2.31. The van der Waals surface area contributed by atoms with Crippen LogP contribution in [-0.2, 0) is 4.74 Å². The summed E-state index contributed by atoms with van der Waals surface area (Å²) >= 11 is 0. The first-order chi connectivity index (χ1) is 8.20. The van der Waals surface area contributed by atoms with Gasteiger partial charge in [-0.15, -0.1) is 0 Å². The van der Waals surface area contributed by atoms with Gasteiger partial charge in [0, 0.05) is 20.2 Å². The molecule has 1 saturated heterocycles. The van der Waals surface area contributed by atoms with Gasteiger partial charge in [0.25, 0.3) is 0 Å². The van der Waals surface area contributed by atoms with Gasteiger partial charge in [0.15, 0.2) is 12.0 Å². The molecule has 1 fully saturated rings. The number of hydrogen-bond acceptors (Lipinski definition) is 6. The van der Waals surface area contributed by atoms with E-state index in [-0.39, 0.29) is 11.9 Å². The largest absolute Gasteiger partial charge is 0.382 e. The molecule has 7 nitrogen and oxygen atoms in total. The number of ether oxygens (including phenoxy) is 1. The Balaban J connectivity index is 0.000000686. The molecule has 1 aliphatic heterocycles. The molecule has 7 heteroatoms. The maximum Gasteiger partial charge on any atom is 0.382 e. The van der Waals surface area contributed by atoms with Crippen molar-refractivity contribution in [3.63, 3.8) is 0 Å². The second kappa shape index (κ2) is 6.09. The maximum atomic E-state index is 10.3. The van der Waals surface area contributed by atoms with Crippen LogP contribution in [0.15, 0.2) is 12.4 Å². The summed E-state index contributed by atoms with van der Waals surface area (Å²) in [5, 5.41) is 10.3. The van der Waals surface area contributed by atoms with E-state index in [9.17, 15) is 10.1 Å². The summed E-state index contributed by atoms with van der Waals surface area (Å²) in [6.45, 7) is 5.51. The van der Waals surface area contributed by atoms with Crippen molar-refractivity contribution in [3.8, 4) is 0 Å². The fraction of sp³-hybridized carbons (Fsp3) is 0.600. The van der Waals surface area contributed by atoms with Crippen LogP contribution in [0.3, 0.4) is 0 Å². The van der Waals surface area contributed by atoms with Crippen molar-refractivity contribution in [2.24, 2.45) is 0 Å². The van der Waals surface area contributed by atoms with Gasteiger partial charge < -0.3 is 19.8 Å². The lowest BCUT2D eigenvalue weighted by molar-refractivity contribution is -0.389. The third-order valence-corrected chi connectivity index (χ3v) is 2.32. The minimum atomic E-state index is -0.565. The molecule has 0 saturated carbocycles. The monoisotopic (exact) mass is 240 g/mol. The van der Waals surface area contributed by atoms with Crippen LogP contribution in [-0.4, -0.2) is 41.2 Å². The van der Waals surface area contributed by atoms with Crippen LogP contribution in [0.4, 0.5) is 11.6 Å². The van der Waals surface area contributed by atoms with Crippen LogP contribution in [0, 0.1) is 10.1 Å². The van der Waals surface area contributed by atoms with Gasteiger partial charge in [0.05, 0.1) is 6.10 Å². The van der Waals surface area contributed by atoms with Crippen LogP contribution in [0.1, 0.15) is 13.8 Å². The van der Waals surface area contributed by atoms with Gasteiger partial charge in [0.1, 0.15) is 6.20 Å². The van der Waals surface area contributed by atoms with Crippen LogP contribution in [0.25, 0.3) is 0 Å². The number of anilines is 1. The molecule has 0 aliphatic carbocycles. The van der Waals surface area contributed by atoms with Crippen LogP contribution in [0.2, 0.25) is 0 Å². The highest BCUT2D eigenvalue weighted by Crippen LogP contribution is 2.19. The van der Waals surface area contributed by atoms with E-state index in [4.69, 9.17) is 4.74 Å². The van der Waals surface area contributed by atoms with E-state index in [0.29, 0.717) is 5.82 Å². The molecular weight excluding hydrogens is 224 g/mol. The summed E-state index contributed by atoms with van der Waals surface area (Å²) in [7, 11) is 1.66. The van der Waals surface area contributed by atoms with Crippen molar-refractivity contribution in [3.05, 3.63) is 22.5 Å². The Labute approximate surface area is 99.6 Å². The molecule has 1 aromatic heterocycles. The molecule has 17 heavy (non-hydrogen) atoms. The van der Waals surface area contributed by atoms with E-state index in [2.05, 4.69) is 9.97 Å². The third-order valence-electron chi connectivity index (χ3n) is 2.32. The van der Waals surface area contributed by atoms with Gasteiger partial charge in [-0.05, 0) is 9.91 Å². The lowest BCUT2D eigenvalue weighted by atomic mass is 10.2. The van der Waals surface area contributed by atoms with Crippen molar-refractivity contribution in [1.82, 2.24) is 9.97 Å². The Morgan fingerprint density at radius 3 is 2.47 bits per heavy atom. The first-order valence-corrected chi connectivity index (χ1v) is 5.45. The molecule has 0 aromatic carbocycles. The highest BCUT2D eigenvalue weighted by atomic mass is 16.6. The Bertz CT molecular complexity index is 362. The number of nitro groups is 1. The lowest BCUT2D eigenvalue weighted by Gasteiger charge is -2.38. The minimum Gasteiger partial charge on any atom is -0.378 e. The average molecular weight is 240 g/mol. The molecule has 0 amide bonds. The van der Waals surface area contributed by atoms with Gasteiger partial charge in [-0.2, -0.15) is 0 Å². The summed E-state index contributed by atoms with van der Waals surface area (Å²) in [6.07, 6.45) is 2.79. The van der Waals surface area contributed by atoms with Crippen LogP contribution >= 0.6 is 0 Å². The summed E-state index contributed by atoms with van der Waals surface area (Å²) < 4.78 is 5.10. The van der Waals surface area contributed by atoms with Crippen LogP contribution in [0.5, 0.6) is 0 Å². The number of nitrogens with zero attached hydrogens (tertiary/aromatic N) is 4. The Morgan fingerprint density at radius 1 is 1.41 bits per heavy atom. The van der Waals surface area contributed by atoms with E-state index in [1.807, 2.05) is 18.7 Å². The highest BCUT2D eigenvalue weighted by molar-refractivity contribution is 5.41. The lowest BCUT2D eigenvalue weighted by Crippen LogP contribution is -2.52. The minimum absolute atomic E-state index is 0.224. The quantitative estimate of drug-likeness (QED) is 0.584. The highest BCUT2D eigenvalue weighted by Gasteiger charge is 2.28. The fourth-order valence-electron chi connectivity index (χ4n) is 1.35. The zero-order valence-corrected chi connectivity index (χ0v) is 10.2. The standard InChI is InChI=1S/C8H10N4O3.C2H6/c1-15-6-4-11(5-6)7-2-10-8(3-9-7)12(13)14;1-2/h2-3,6H,4-5H2,1H3;1-2H3. The van der Waals surface area contributed by atoms with Crippen molar-refractivity contribution in [2.75, 3.05) is 25.1 Å². The topological polar surface area (TPSA) is 81.4 Å². The second-order valence-corrected chi connectivity index (χ2v) is 3.25. The molecule has 2 heterocycles. The zero-order valence-electron chi connectivity index (χ0n) is 10.2. The molecule has 0 N–H and O–H groups in total. The Kier molecular flexibility index (Phi) is 4.77. The summed E-state index contributed by atoms with van der Waals surface area (Å²) in [5.74, 6) is 0.413. The Morgan fingerprint density at radius 2 is 2.06 bits per heavy atom. The maximum absolute atomic E-state index is 10.3. The molecular formula is C10H16N4O3. The van der Waals surface area contributed by atoms with Crippen molar-refractivity contribution < 1.29 is 9.66 Å². The third kappa shape index (κ3) is 3.10. The Hall–Kier alpha value is -1.76. The molecule has 1 aliphatic rings. The normalized spacial score (nSPS) is 14.6. The zero-order chi connectivity index (χ0) is 12.8. The second-order valence-electron chi connectivity index (χ2n) is 3.25. The van der Waals surface area contributed by atoms with Gasteiger partial charge in [-0.1, -0.05) is 13.8 Å². The van der Waals surface area contributed by atoms with Gasteiger partial charge in [-0.3, -0.25) is 0 Å². The van der Waals surface area contributed by atoms with Gasteiger partial charge in [0.2, 0.25) is 0 Å². The smallest absolute Gasteiger partial charge is 0.378 e. The number of aromatic nitrogens is 2. The van der Waals surface area contributed by atoms with Gasteiger partial charge in [-0.25, -0.2) is 4.98 Å². The van der Waals surface area contributed by atoms with E-state index in [0.717, 1.165) is 19.3 Å². The van der Waals surface area contributed by atoms with E-state index >= 15 is 0 Å². The van der Waals surface area contributed by atoms with Gasteiger partial charge >= 0.3 is 5.82 Å². The molecule has 0 bridgehead atoms. The number of hydrogen-bond donors (Lipinski definition) is 0. The predicted molar refractivity (Wildman–Crippen MR) is 63.0 cm³/mol.